The lowest BCUT2D eigenvalue weighted by atomic mass is 10.1. The molecule has 13 heavy (non-hydrogen) atoms. The molecule has 0 saturated heterocycles. The Morgan fingerprint density at radius 2 is 2.15 bits per heavy atom. The molecule has 1 amide bonds. The maximum atomic E-state index is 10.9. The predicted octanol–water partition coefficient (Wildman–Crippen LogP) is -0.597. The van der Waals surface area contributed by atoms with Crippen LogP contribution in [0, 0.1) is 0 Å². The van der Waals surface area contributed by atoms with Crippen molar-refractivity contribution in [3.63, 3.8) is 0 Å². The van der Waals surface area contributed by atoms with Gasteiger partial charge in [-0.05, 0) is 13.3 Å². The van der Waals surface area contributed by atoms with Gasteiger partial charge < -0.3 is 15.8 Å². The lowest BCUT2D eigenvalue weighted by Crippen LogP contribution is -2.33. The molecule has 76 valence electrons. The fourth-order valence-electron chi connectivity index (χ4n) is 0.841. The second-order valence-electron chi connectivity index (χ2n) is 2.62. The summed E-state index contributed by atoms with van der Waals surface area (Å²) < 4.78 is 4.41. The van der Waals surface area contributed by atoms with Crippen LogP contribution in [0.1, 0.15) is 19.8 Å². The van der Waals surface area contributed by atoms with Gasteiger partial charge in [0.05, 0.1) is 7.11 Å². The Balaban J connectivity index is 3.63. The zero-order chi connectivity index (χ0) is 10.3. The number of methoxy groups -OCH3 is 1. The molecule has 0 aromatic carbocycles. The minimum absolute atomic E-state index is 0.0955. The van der Waals surface area contributed by atoms with Gasteiger partial charge in [-0.3, -0.25) is 9.59 Å². The number of hydrogen-bond acceptors (Lipinski definition) is 4. The van der Waals surface area contributed by atoms with Gasteiger partial charge in [0.25, 0.3) is 0 Å². The highest BCUT2D eigenvalue weighted by molar-refractivity contribution is 5.79. The van der Waals surface area contributed by atoms with Crippen LogP contribution in [0.15, 0.2) is 0 Å². The third-order valence-corrected chi connectivity index (χ3v) is 1.56. The molecule has 0 heterocycles. The van der Waals surface area contributed by atoms with Crippen LogP contribution in [0.25, 0.3) is 0 Å². The molecule has 0 spiro atoms. The molecule has 5 nitrogen and oxygen atoms in total. The molecule has 5 heteroatoms. The first-order valence-corrected chi connectivity index (χ1v) is 4.22. The summed E-state index contributed by atoms with van der Waals surface area (Å²) in [5.41, 5.74) is 5.42. The van der Waals surface area contributed by atoms with Crippen LogP contribution in [-0.2, 0) is 14.3 Å². The summed E-state index contributed by atoms with van der Waals surface area (Å²) in [6, 6.07) is -0.701. The van der Waals surface area contributed by atoms with Gasteiger partial charge in [-0.25, -0.2) is 0 Å². The topological polar surface area (TPSA) is 81.4 Å². The Morgan fingerprint density at radius 3 is 2.62 bits per heavy atom. The second-order valence-corrected chi connectivity index (χ2v) is 2.62. The van der Waals surface area contributed by atoms with Gasteiger partial charge in [-0.15, -0.1) is 0 Å². The van der Waals surface area contributed by atoms with Crippen LogP contribution in [0.2, 0.25) is 0 Å². The number of ether oxygens (including phenoxy) is 1. The minimum Gasteiger partial charge on any atom is -0.468 e. The van der Waals surface area contributed by atoms with E-state index >= 15 is 0 Å². The Kier molecular flexibility index (Phi) is 5.88. The lowest BCUT2D eigenvalue weighted by Gasteiger charge is -2.08. The number of amides is 1. The molecule has 0 aliphatic rings. The zero-order valence-electron chi connectivity index (χ0n) is 8.00. The largest absolute Gasteiger partial charge is 0.468 e. The molecule has 0 radical (unpaired) electrons. The molecule has 0 aliphatic heterocycles. The molecule has 0 aromatic rings. The van der Waals surface area contributed by atoms with Gasteiger partial charge in [0, 0.05) is 13.0 Å². The van der Waals surface area contributed by atoms with Gasteiger partial charge in [0.2, 0.25) is 5.91 Å². The van der Waals surface area contributed by atoms with Gasteiger partial charge in [0.15, 0.2) is 0 Å². The number of esters is 1. The number of nitrogens with one attached hydrogen (secondary N) is 1. The maximum absolute atomic E-state index is 10.9. The molecule has 1 atom stereocenters. The van der Waals surface area contributed by atoms with Crippen molar-refractivity contribution in [1.82, 2.24) is 5.32 Å². The van der Waals surface area contributed by atoms with E-state index in [9.17, 15) is 9.59 Å². The molecule has 0 saturated carbocycles. The van der Waals surface area contributed by atoms with Gasteiger partial charge >= 0.3 is 5.97 Å². The van der Waals surface area contributed by atoms with Crippen molar-refractivity contribution in [2.75, 3.05) is 13.7 Å². The molecule has 0 rings (SSSR count). The highest BCUT2D eigenvalue weighted by Crippen LogP contribution is 1.96. The number of carbonyl (C=O) groups excluding carboxylic acids is 2. The van der Waals surface area contributed by atoms with Crippen molar-refractivity contribution in [3.8, 4) is 0 Å². The van der Waals surface area contributed by atoms with Crippen LogP contribution >= 0.6 is 0 Å². The number of hydrogen-bond donors (Lipinski definition) is 2. The molecule has 0 aromatic heterocycles. The molecule has 0 aliphatic carbocycles. The summed E-state index contributed by atoms with van der Waals surface area (Å²) >= 11 is 0. The Bertz CT molecular complexity index is 182. The van der Waals surface area contributed by atoms with Crippen LogP contribution < -0.4 is 11.1 Å². The van der Waals surface area contributed by atoms with Crippen LogP contribution in [0.3, 0.4) is 0 Å². The van der Waals surface area contributed by atoms with E-state index < -0.39 is 12.0 Å². The Morgan fingerprint density at radius 1 is 1.54 bits per heavy atom. The van der Waals surface area contributed by atoms with E-state index in [2.05, 4.69) is 10.1 Å². The highest BCUT2D eigenvalue weighted by Gasteiger charge is 2.14. The van der Waals surface area contributed by atoms with E-state index in [4.69, 9.17) is 5.73 Å². The quantitative estimate of drug-likeness (QED) is 0.565. The van der Waals surface area contributed by atoms with E-state index in [-0.39, 0.29) is 12.3 Å². The van der Waals surface area contributed by atoms with E-state index in [1.165, 1.54) is 7.11 Å². The first kappa shape index (κ1) is 11.9. The fourth-order valence-corrected chi connectivity index (χ4v) is 0.841. The van der Waals surface area contributed by atoms with E-state index in [0.717, 1.165) is 0 Å². The van der Waals surface area contributed by atoms with Crippen molar-refractivity contribution in [2.45, 2.75) is 25.8 Å². The second kappa shape index (κ2) is 6.42. The first-order chi connectivity index (χ1) is 6.11. The molecular formula is C8H16N2O3. The minimum atomic E-state index is -0.701. The Labute approximate surface area is 77.6 Å². The third-order valence-electron chi connectivity index (χ3n) is 1.56. The molecule has 3 N–H and O–H groups in total. The maximum Gasteiger partial charge on any atom is 0.322 e. The standard InChI is InChI=1S/C8H16N2O3/c1-3-10-7(11)5-4-6(9)8(12)13-2/h6H,3-5,9H2,1-2H3,(H,10,11). The zero-order valence-corrected chi connectivity index (χ0v) is 8.00. The molecule has 1 unspecified atom stereocenters. The number of carbonyl (C=O) groups is 2. The summed E-state index contributed by atoms with van der Waals surface area (Å²) in [5.74, 6) is -0.578. The van der Waals surface area contributed by atoms with Crippen LogP contribution in [0.4, 0.5) is 0 Å². The van der Waals surface area contributed by atoms with Crippen molar-refractivity contribution < 1.29 is 14.3 Å². The molecule has 0 bridgehead atoms. The number of nitrogens with two attached hydrogens (primary N) is 1. The highest BCUT2D eigenvalue weighted by atomic mass is 16.5. The predicted molar refractivity (Wildman–Crippen MR) is 47.9 cm³/mol. The normalized spacial score (nSPS) is 11.9. The van der Waals surface area contributed by atoms with Gasteiger partial charge in [-0.2, -0.15) is 0 Å². The first-order valence-electron chi connectivity index (χ1n) is 4.22. The van der Waals surface area contributed by atoms with Crippen molar-refractivity contribution in [1.29, 1.82) is 0 Å². The fraction of sp³-hybridized carbons (Fsp3) is 0.750. The average Bonchev–Trinajstić information content (AvgIpc) is 2.13. The molecular weight excluding hydrogens is 172 g/mol. The SMILES string of the molecule is CCNC(=O)CCC(N)C(=O)OC. The third kappa shape index (κ3) is 5.19. The summed E-state index contributed by atoms with van der Waals surface area (Å²) in [4.78, 5) is 21.7. The number of rotatable bonds is 5. The van der Waals surface area contributed by atoms with Crippen LogP contribution in [-0.4, -0.2) is 31.6 Å². The summed E-state index contributed by atoms with van der Waals surface area (Å²) in [6.07, 6.45) is 0.572. The summed E-state index contributed by atoms with van der Waals surface area (Å²) in [7, 11) is 1.27. The van der Waals surface area contributed by atoms with Gasteiger partial charge in [-0.1, -0.05) is 0 Å². The molecule has 0 fully saturated rings. The van der Waals surface area contributed by atoms with Crippen molar-refractivity contribution >= 4 is 11.9 Å². The Hall–Kier alpha value is -1.10. The average molecular weight is 188 g/mol. The summed E-state index contributed by atoms with van der Waals surface area (Å²) in [6.45, 7) is 2.42. The van der Waals surface area contributed by atoms with E-state index in [1.807, 2.05) is 6.92 Å². The smallest absolute Gasteiger partial charge is 0.322 e. The van der Waals surface area contributed by atoms with E-state index in [0.29, 0.717) is 13.0 Å². The lowest BCUT2D eigenvalue weighted by molar-refractivity contribution is -0.142. The van der Waals surface area contributed by atoms with Crippen LogP contribution in [0.5, 0.6) is 0 Å². The summed E-state index contributed by atoms with van der Waals surface area (Å²) in [5, 5.41) is 2.61. The van der Waals surface area contributed by atoms with Gasteiger partial charge in [0.1, 0.15) is 6.04 Å². The van der Waals surface area contributed by atoms with E-state index in [1.54, 1.807) is 0 Å². The van der Waals surface area contributed by atoms with Crippen molar-refractivity contribution in [2.24, 2.45) is 5.73 Å². The monoisotopic (exact) mass is 188 g/mol. The van der Waals surface area contributed by atoms with Crippen molar-refractivity contribution in [3.05, 3.63) is 0 Å².